The Morgan fingerprint density at radius 3 is 1.67 bits per heavy atom. The van der Waals surface area contributed by atoms with E-state index in [1.54, 1.807) is 23.2 Å². The lowest BCUT2D eigenvalue weighted by Crippen LogP contribution is -2.01. The molecule has 0 saturated heterocycles. The fraction of sp³-hybridized carbons (Fsp3) is 0. The zero-order valence-electron chi connectivity index (χ0n) is 11.7. The van der Waals surface area contributed by atoms with E-state index >= 15 is 0 Å². The van der Waals surface area contributed by atoms with Crippen LogP contribution in [0.15, 0.2) is 33.9 Å². The van der Waals surface area contributed by atoms with Gasteiger partial charge in [-0.25, -0.2) is 0 Å². The number of carbonyl (C=O) groups excluding carboxylic acids is 1. The third-order valence-electron chi connectivity index (χ3n) is 2.67. The van der Waals surface area contributed by atoms with E-state index in [1.807, 2.05) is 10.8 Å². The largest absolute Gasteiger partial charge is 0.359 e. The highest BCUT2D eigenvalue weighted by molar-refractivity contribution is 7.17. The Hall–Kier alpha value is -2.21. The summed E-state index contributed by atoms with van der Waals surface area (Å²) in [7, 11) is 0. The van der Waals surface area contributed by atoms with E-state index in [2.05, 4.69) is 30.6 Å². The van der Waals surface area contributed by atoms with Crippen molar-refractivity contribution in [1.82, 2.24) is 19.9 Å². The first-order chi connectivity index (χ1) is 11.8. The van der Waals surface area contributed by atoms with Gasteiger partial charge in [0.2, 0.25) is 0 Å². The predicted octanol–water partition coefficient (Wildman–Crippen LogP) is 5.42. The first-order valence-corrected chi connectivity index (χ1v) is 9.98. The minimum Gasteiger partial charge on any atom is -0.359 e. The molecular formula is C13H6N6OS4-2. The lowest BCUT2D eigenvalue weighted by molar-refractivity contribution is 0.103. The van der Waals surface area contributed by atoms with E-state index in [0.717, 1.165) is 0 Å². The van der Waals surface area contributed by atoms with Gasteiger partial charge in [-0.05, 0) is 23.2 Å². The molecule has 0 bridgehead atoms. The summed E-state index contributed by atoms with van der Waals surface area (Å²) in [5.74, 6) is -0.247. The van der Waals surface area contributed by atoms with Crippen LogP contribution in [0.4, 0.5) is 20.5 Å². The van der Waals surface area contributed by atoms with Crippen LogP contribution in [0, 0.1) is 0 Å². The molecule has 0 fully saturated rings. The Morgan fingerprint density at radius 2 is 1.25 bits per heavy atom. The first-order valence-electron chi connectivity index (χ1n) is 6.46. The van der Waals surface area contributed by atoms with Crippen LogP contribution in [0.5, 0.6) is 0 Å². The topological polar surface area (TPSA) is 96.8 Å². The zero-order valence-corrected chi connectivity index (χ0v) is 15.0. The number of hydrogen-bond acceptors (Lipinski definition) is 9. The van der Waals surface area contributed by atoms with E-state index < -0.39 is 0 Å². The summed E-state index contributed by atoms with van der Waals surface area (Å²) >= 11 is 5.41. The molecule has 0 aliphatic heterocycles. The van der Waals surface area contributed by atoms with Gasteiger partial charge in [-0.3, -0.25) is 4.79 Å². The smallest absolute Gasteiger partial charge is 0.199 e. The minimum atomic E-state index is -0.247. The van der Waals surface area contributed by atoms with Gasteiger partial charge in [0.1, 0.15) is 0 Å². The Kier molecular flexibility index (Phi) is 4.30. The maximum Gasteiger partial charge on any atom is 0.199 e. The molecule has 4 aromatic rings. The Morgan fingerprint density at radius 1 is 0.750 bits per heavy atom. The third-order valence-corrected chi connectivity index (χ3v) is 5.47. The SMILES string of the molecule is O=C(c1csc([N-]c2nccs2)n1)c1csc([N-]c2nccs2)n1. The summed E-state index contributed by atoms with van der Waals surface area (Å²) in [4.78, 5) is 29.1. The lowest BCUT2D eigenvalue weighted by Gasteiger charge is -2.04. The third kappa shape index (κ3) is 3.33. The molecule has 4 heterocycles. The molecule has 0 radical (unpaired) electrons. The van der Waals surface area contributed by atoms with Crippen LogP contribution >= 0.6 is 45.3 Å². The van der Waals surface area contributed by atoms with Crippen LogP contribution in [-0.2, 0) is 0 Å². The molecule has 120 valence electrons. The van der Waals surface area contributed by atoms with Gasteiger partial charge < -0.3 is 30.6 Å². The highest BCUT2D eigenvalue weighted by atomic mass is 32.1. The van der Waals surface area contributed by atoms with Crippen LogP contribution in [-0.4, -0.2) is 25.7 Å². The summed E-state index contributed by atoms with van der Waals surface area (Å²) in [5, 5.41) is 17.8. The average Bonchev–Trinajstić information content (AvgIpc) is 3.36. The summed E-state index contributed by atoms with van der Waals surface area (Å²) in [5.41, 5.74) is 0.641. The second-order valence-electron chi connectivity index (χ2n) is 4.21. The maximum absolute atomic E-state index is 12.5. The highest BCUT2D eigenvalue weighted by Gasteiger charge is 2.11. The number of nitrogens with zero attached hydrogens (tertiary/aromatic N) is 6. The van der Waals surface area contributed by atoms with Gasteiger partial charge in [0.05, 0.1) is 31.9 Å². The number of ketones is 1. The lowest BCUT2D eigenvalue weighted by atomic mass is 10.2. The molecule has 4 rings (SSSR count). The summed E-state index contributed by atoms with van der Waals surface area (Å²) in [6.45, 7) is 0. The second kappa shape index (κ2) is 6.73. The molecule has 0 amide bonds. The van der Waals surface area contributed by atoms with Crippen LogP contribution < -0.4 is 0 Å². The predicted molar refractivity (Wildman–Crippen MR) is 97.2 cm³/mol. The molecule has 24 heavy (non-hydrogen) atoms. The molecule has 0 aromatic carbocycles. The quantitative estimate of drug-likeness (QED) is 0.410. The number of thiazole rings is 4. The molecule has 0 unspecified atom stereocenters. The fourth-order valence-corrected chi connectivity index (χ4v) is 4.14. The van der Waals surface area contributed by atoms with Gasteiger partial charge in [0.25, 0.3) is 0 Å². The number of carbonyl (C=O) groups is 1. The molecule has 0 aliphatic carbocycles. The Balaban J connectivity index is 1.47. The molecule has 0 spiro atoms. The van der Waals surface area contributed by atoms with Gasteiger partial charge in [0, 0.05) is 10.8 Å². The van der Waals surface area contributed by atoms with Crippen molar-refractivity contribution < 1.29 is 4.79 Å². The van der Waals surface area contributed by atoms with E-state index in [0.29, 0.717) is 31.9 Å². The van der Waals surface area contributed by atoms with Crippen LogP contribution in [0.25, 0.3) is 10.6 Å². The van der Waals surface area contributed by atoms with Crippen molar-refractivity contribution in [1.29, 1.82) is 0 Å². The van der Waals surface area contributed by atoms with Gasteiger partial charge in [-0.2, -0.15) is 0 Å². The van der Waals surface area contributed by atoms with Crippen molar-refractivity contribution >= 4 is 71.7 Å². The highest BCUT2D eigenvalue weighted by Crippen LogP contribution is 2.36. The van der Waals surface area contributed by atoms with Crippen molar-refractivity contribution in [2.75, 3.05) is 0 Å². The molecule has 0 aliphatic rings. The summed E-state index contributed by atoms with van der Waals surface area (Å²) < 4.78 is 0. The van der Waals surface area contributed by atoms with Crippen LogP contribution in [0.2, 0.25) is 0 Å². The standard InChI is InChI=1S/C13H6N6OS4/c20-9(7-5-23-12(16-7)18-10-14-1-3-21-10)8-6-24-13(17-8)19-11-15-2-4-22-11/h1-6H/q-2. The van der Waals surface area contributed by atoms with E-state index in [9.17, 15) is 4.79 Å². The first kappa shape index (κ1) is 15.3. The van der Waals surface area contributed by atoms with Crippen molar-refractivity contribution in [3.8, 4) is 0 Å². The molecule has 0 N–H and O–H groups in total. The fourth-order valence-electron chi connectivity index (χ4n) is 1.68. The van der Waals surface area contributed by atoms with Crippen molar-refractivity contribution in [2.45, 2.75) is 0 Å². The monoisotopic (exact) mass is 390 g/mol. The van der Waals surface area contributed by atoms with Gasteiger partial charge in [-0.15, -0.1) is 45.3 Å². The van der Waals surface area contributed by atoms with E-state index in [1.165, 1.54) is 45.3 Å². The molecule has 4 aromatic heterocycles. The molecule has 11 heteroatoms. The van der Waals surface area contributed by atoms with Gasteiger partial charge >= 0.3 is 0 Å². The normalized spacial score (nSPS) is 10.7. The van der Waals surface area contributed by atoms with Crippen molar-refractivity contribution in [3.05, 3.63) is 55.9 Å². The van der Waals surface area contributed by atoms with Crippen molar-refractivity contribution in [3.63, 3.8) is 0 Å². The average molecular weight is 391 g/mol. The minimum absolute atomic E-state index is 0.247. The summed E-state index contributed by atoms with van der Waals surface area (Å²) in [6.07, 6.45) is 3.35. The molecule has 0 saturated carbocycles. The van der Waals surface area contributed by atoms with Gasteiger partial charge in [-0.1, -0.05) is 0 Å². The molecule has 0 atom stereocenters. The Labute approximate surface area is 152 Å². The van der Waals surface area contributed by atoms with Gasteiger partial charge in [0.15, 0.2) is 5.78 Å². The maximum atomic E-state index is 12.5. The van der Waals surface area contributed by atoms with Crippen molar-refractivity contribution in [2.24, 2.45) is 0 Å². The number of rotatable bonds is 6. The molecule has 7 nitrogen and oxygen atoms in total. The van der Waals surface area contributed by atoms with Crippen LogP contribution in [0.3, 0.4) is 0 Å². The molecular weight excluding hydrogens is 384 g/mol. The summed E-state index contributed by atoms with van der Waals surface area (Å²) in [6, 6.07) is 0. The van der Waals surface area contributed by atoms with E-state index in [-0.39, 0.29) is 5.78 Å². The second-order valence-corrected chi connectivity index (χ2v) is 7.63. The van der Waals surface area contributed by atoms with Crippen LogP contribution in [0.1, 0.15) is 16.2 Å². The van der Waals surface area contributed by atoms with E-state index in [4.69, 9.17) is 0 Å². The zero-order chi connectivity index (χ0) is 16.4. The Bertz CT molecular complexity index is 867. The number of hydrogen-bond donors (Lipinski definition) is 0. The number of aromatic nitrogens is 4.